The molecule has 1 aromatic carbocycles. The van der Waals surface area contributed by atoms with Crippen LogP contribution in [0.1, 0.15) is 18.4 Å². The number of anilines is 1. The summed E-state index contributed by atoms with van der Waals surface area (Å²) in [5.41, 5.74) is 0.983. The van der Waals surface area contributed by atoms with Crippen molar-refractivity contribution in [2.45, 2.75) is 24.7 Å². The smallest absolute Gasteiger partial charge is 0.322 e. The number of rotatable bonds is 7. The highest BCUT2D eigenvalue weighted by atomic mass is 32.2. The Labute approximate surface area is 150 Å². The van der Waals surface area contributed by atoms with Crippen LogP contribution in [0.3, 0.4) is 0 Å². The number of amides is 1. The van der Waals surface area contributed by atoms with Crippen molar-refractivity contribution < 1.29 is 22.0 Å². The van der Waals surface area contributed by atoms with E-state index in [2.05, 4.69) is 15.5 Å². The molecule has 0 saturated heterocycles. The molecule has 1 N–H and O–H groups in total. The Morgan fingerprint density at radius 3 is 2.62 bits per heavy atom. The summed E-state index contributed by atoms with van der Waals surface area (Å²) >= 11 is 0. The van der Waals surface area contributed by atoms with E-state index < -0.39 is 15.7 Å². The molecule has 9 heteroatoms. The molecule has 0 spiro atoms. The summed E-state index contributed by atoms with van der Waals surface area (Å²) in [7, 11) is -3.41. The van der Waals surface area contributed by atoms with E-state index in [9.17, 15) is 13.2 Å². The normalized spacial score (nSPS) is 11.4. The Kier molecular flexibility index (Phi) is 5.17. The largest absolute Gasteiger partial charge is 0.459 e. The summed E-state index contributed by atoms with van der Waals surface area (Å²) < 4.78 is 34.8. The predicted octanol–water partition coefficient (Wildman–Crippen LogP) is 2.83. The number of nitrogens with zero attached hydrogens (tertiary/aromatic N) is 2. The van der Waals surface area contributed by atoms with Gasteiger partial charge in [-0.1, -0.05) is 22.8 Å². The molecular weight excluding hydrogens is 358 g/mol. The Morgan fingerprint density at radius 1 is 1.15 bits per heavy atom. The molecule has 26 heavy (non-hydrogen) atoms. The average Bonchev–Trinajstić information content (AvgIpc) is 3.26. The van der Waals surface area contributed by atoms with Crippen molar-refractivity contribution in [3.8, 4) is 11.7 Å². The molecule has 2 aromatic heterocycles. The number of furan rings is 1. The fourth-order valence-corrected chi connectivity index (χ4v) is 3.55. The SMILES string of the molecule is Cc1ccc(S(=O)(=O)CCCC(=O)Nc2nnc(-c3ccco3)o2)cc1. The van der Waals surface area contributed by atoms with Crippen LogP contribution in [-0.4, -0.2) is 30.3 Å². The Balaban J connectivity index is 1.50. The van der Waals surface area contributed by atoms with Crippen molar-refractivity contribution in [3.05, 3.63) is 48.2 Å². The number of hydrogen-bond acceptors (Lipinski definition) is 7. The maximum absolute atomic E-state index is 12.2. The van der Waals surface area contributed by atoms with Gasteiger partial charge in [-0.25, -0.2) is 8.42 Å². The van der Waals surface area contributed by atoms with E-state index >= 15 is 0 Å². The molecule has 8 nitrogen and oxygen atoms in total. The minimum Gasteiger partial charge on any atom is -0.459 e. The maximum atomic E-state index is 12.2. The highest BCUT2D eigenvalue weighted by Crippen LogP contribution is 2.20. The molecule has 0 saturated carbocycles. The molecule has 0 atom stereocenters. The summed E-state index contributed by atoms with van der Waals surface area (Å²) in [4.78, 5) is 12.2. The quantitative estimate of drug-likeness (QED) is 0.675. The van der Waals surface area contributed by atoms with Crippen LogP contribution in [-0.2, 0) is 14.6 Å². The van der Waals surface area contributed by atoms with Gasteiger partial charge in [0.05, 0.1) is 16.9 Å². The van der Waals surface area contributed by atoms with Gasteiger partial charge in [0.2, 0.25) is 5.91 Å². The minimum absolute atomic E-state index is 0.0174. The zero-order chi connectivity index (χ0) is 18.6. The van der Waals surface area contributed by atoms with Gasteiger partial charge in [0.1, 0.15) is 0 Å². The first-order valence-electron chi connectivity index (χ1n) is 7.91. The van der Waals surface area contributed by atoms with Crippen molar-refractivity contribution in [2.24, 2.45) is 0 Å². The zero-order valence-electron chi connectivity index (χ0n) is 14.0. The molecule has 136 valence electrons. The number of hydrogen-bond donors (Lipinski definition) is 1. The number of nitrogens with one attached hydrogen (secondary N) is 1. The van der Waals surface area contributed by atoms with Crippen LogP contribution in [0, 0.1) is 6.92 Å². The second-order valence-corrected chi connectivity index (χ2v) is 7.78. The van der Waals surface area contributed by atoms with Gasteiger partial charge < -0.3 is 8.83 Å². The van der Waals surface area contributed by atoms with Gasteiger partial charge in [-0.3, -0.25) is 10.1 Å². The number of benzene rings is 1. The molecule has 0 unspecified atom stereocenters. The molecule has 2 heterocycles. The lowest BCUT2D eigenvalue weighted by atomic mass is 10.2. The summed E-state index contributed by atoms with van der Waals surface area (Å²) in [5, 5.41) is 9.90. The van der Waals surface area contributed by atoms with E-state index in [0.717, 1.165) is 5.56 Å². The molecule has 0 aliphatic heterocycles. The van der Waals surface area contributed by atoms with Gasteiger partial charge in [0, 0.05) is 6.42 Å². The molecule has 0 aliphatic carbocycles. The van der Waals surface area contributed by atoms with Gasteiger partial charge in [0.25, 0.3) is 5.89 Å². The van der Waals surface area contributed by atoms with Crippen molar-refractivity contribution in [1.29, 1.82) is 0 Å². The van der Waals surface area contributed by atoms with Gasteiger partial charge >= 0.3 is 6.01 Å². The highest BCUT2D eigenvalue weighted by molar-refractivity contribution is 7.91. The van der Waals surface area contributed by atoms with Crippen molar-refractivity contribution in [1.82, 2.24) is 10.2 Å². The monoisotopic (exact) mass is 375 g/mol. The molecule has 0 fully saturated rings. The van der Waals surface area contributed by atoms with Crippen LogP contribution < -0.4 is 5.32 Å². The van der Waals surface area contributed by atoms with Crippen LogP contribution >= 0.6 is 0 Å². The summed E-state index contributed by atoms with van der Waals surface area (Å²) in [6.07, 6.45) is 1.66. The van der Waals surface area contributed by atoms with Crippen molar-refractivity contribution in [2.75, 3.05) is 11.1 Å². The molecule has 3 aromatic rings. The van der Waals surface area contributed by atoms with E-state index in [1.54, 1.807) is 36.4 Å². The van der Waals surface area contributed by atoms with Gasteiger partial charge in [-0.2, -0.15) is 0 Å². The summed E-state index contributed by atoms with van der Waals surface area (Å²) in [5.74, 6) is 0.0125. The Bertz CT molecular complexity index is 976. The number of sulfone groups is 1. The van der Waals surface area contributed by atoms with Gasteiger partial charge in [0.15, 0.2) is 15.6 Å². The van der Waals surface area contributed by atoms with E-state index in [1.165, 1.54) is 6.26 Å². The van der Waals surface area contributed by atoms with Crippen LogP contribution in [0.5, 0.6) is 0 Å². The zero-order valence-corrected chi connectivity index (χ0v) is 14.8. The van der Waals surface area contributed by atoms with Crippen molar-refractivity contribution in [3.63, 3.8) is 0 Å². The molecule has 0 aliphatic rings. The fraction of sp³-hybridized carbons (Fsp3) is 0.235. The van der Waals surface area contributed by atoms with Crippen LogP contribution in [0.15, 0.2) is 56.4 Å². The van der Waals surface area contributed by atoms with Gasteiger partial charge in [-0.15, -0.1) is 5.10 Å². The number of carbonyl (C=O) groups excluding carboxylic acids is 1. The van der Waals surface area contributed by atoms with Crippen LogP contribution in [0.4, 0.5) is 6.01 Å². The Hall–Kier alpha value is -2.94. The summed E-state index contributed by atoms with van der Waals surface area (Å²) in [6.45, 7) is 1.88. The van der Waals surface area contributed by atoms with E-state index in [4.69, 9.17) is 8.83 Å². The lowest BCUT2D eigenvalue weighted by molar-refractivity contribution is -0.116. The highest BCUT2D eigenvalue weighted by Gasteiger charge is 2.16. The van der Waals surface area contributed by atoms with Gasteiger partial charge in [-0.05, 0) is 37.6 Å². The third-order valence-electron chi connectivity index (χ3n) is 3.60. The number of aromatic nitrogens is 2. The molecular formula is C17H17N3O5S. The van der Waals surface area contributed by atoms with E-state index in [0.29, 0.717) is 5.76 Å². The van der Waals surface area contributed by atoms with E-state index in [-0.39, 0.29) is 35.4 Å². The van der Waals surface area contributed by atoms with Crippen LogP contribution in [0.25, 0.3) is 11.7 Å². The molecule has 0 bridgehead atoms. The molecule has 0 radical (unpaired) electrons. The number of carbonyl (C=O) groups is 1. The average molecular weight is 375 g/mol. The van der Waals surface area contributed by atoms with Crippen LogP contribution in [0.2, 0.25) is 0 Å². The predicted molar refractivity (Wildman–Crippen MR) is 93.1 cm³/mol. The van der Waals surface area contributed by atoms with E-state index in [1.807, 2.05) is 6.92 Å². The second-order valence-electron chi connectivity index (χ2n) is 5.67. The number of aryl methyl sites for hydroxylation is 1. The first-order chi connectivity index (χ1) is 12.4. The van der Waals surface area contributed by atoms with Crippen molar-refractivity contribution >= 4 is 21.8 Å². The lowest BCUT2D eigenvalue weighted by Crippen LogP contribution is -2.14. The maximum Gasteiger partial charge on any atom is 0.322 e. The summed E-state index contributed by atoms with van der Waals surface area (Å²) in [6, 6.07) is 9.88. The fourth-order valence-electron chi connectivity index (χ4n) is 2.24. The second kappa shape index (κ2) is 7.52. The topological polar surface area (TPSA) is 115 Å². The first kappa shape index (κ1) is 17.9. The minimum atomic E-state index is -3.41. The Morgan fingerprint density at radius 2 is 1.92 bits per heavy atom. The standard InChI is InChI=1S/C17H17N3O5S/c1-12-6-8-13(9-7-12)26(22,23)11-3-5-15(21)18-17-20-19-16(25-17)14-4-2-10-24-14/h2,4,6-10H,3,5,11H2,1H3,(H,18,20,21). The lowest BCUT2D eigenvalue weighted by Gasteiger charge is -2.05. The molecule has 1 amide bonds. The molecule has 3 rings (SSSR count). The first-order valence-corrected chi connectivity index (χ1v) is 9.56. The third-order valence-corrected chi connectivity index (χ3v) is 5.42. The third kappa shape index (κ3) is 4.37.